The minimum atomic E-state index is -0.186. The molecule has 1 amide bonds. The van der Waals surface area contributed by atoms with Gasteiger partial charge in [-0.15, -0.1) is 0 Å². The minimum Gasteiger partial charge on any atom is -0.348 e. The van der Waals surface area contributed by atoms with Crippen molar-refractivity contribution in [1.82, 2.24) is 20.3 Å². The number of pyridine rings is 2. The topological polar surface area (TPSA) is 70.7 Å². The summed E-state index contributed by atoms with van der Waals surface area (Å²) in [7, 11) is 0. The van der Waals surface area contributed by atoms with E-state index in [1.807, 2.05) is 12.1 Å². The Morgan fingerprint density at radius 1 is 1.25 bits per heavy atom. The zero-order valence-corrected chi connectivity index (χ0v) is 11.2. The van der Waals surface area contributed by atoms with Crippen LogP contribution in [0, 0.1) is 0 Å². The van der Waals surface area contributed by atoms with Crippen molar-refractivity contribution in [3.8, 4) is 0 Å². The van der Waals surface area contributed by atoms with Crippen LogP contribution in [0.2, 0.25) is 5.15 Å². The van der Waals surface area contributed by atoms with Gasteiger partial charge in [0, 0.05) is 30.5 Å². The van der Waals surface area contributed by atoms with Crippen LogP contribution in [-0.2, 0) is 6.54 Å². The number of aromatic nitrogens is 3. The van der Waals surface area contributed by atoms with Crippen LogP contribution in [0.25, 0.3) is 10.9 Å². The summed E-state index contributed by atoms with van der Waals surface area (Å²) in [6, 6.07) is 7.26. The lowest BCUT2D eigenvalue weighted by atomic mass is 10.2. The van der Waals surface area contributed by atoms with E-state index in [1.54, 1.807) is 30.7 Å². The number of hydrogen-bond acceptors (Lipinski definition) is 3. The van der Waals surface area contributed by atoms with Gasteiger partial charge in [-0.2, -0.15) is 0 Å². The summed E-state index contributed by atoms with van der Waals surface area (Å²) in [5, 5.41) is 4.05. The molecule has 20 heavy (non-hydrogen) atoms. The van der Waals surface area contributed by atoms with Crippen LogP contribution in [0.1, 0.15) is 16.1 Å². The van der Waals surface area contributed by atoms with Crippen LogP contribution in [0.3, 0.4) is 0 Å². The fourth-order valence-corrected chi connectivity index (χ4v) is 2.13. The van der Waals surface area contributed by atoms with Crippen molar-refractivity contribution in [2.24, 2.45) is 0 Å². The first-order valence-corrected chi connectivity index (χ1v) is 6.42. The molecular formula is C14H11ClN4O. The van der Waals surface area contributed by atoms with E-state index in [9.17, 15) is 4.79 Å². The zero-order valence-electron chi connectivity index (χ0n) is 10.4. The number of nitrogens with zero attached hydrogens (tertiary/aromatic N) is 2. The Kier molecular flexibility index (Phi) is 3.35. The predicted molar refractivity (Wildman–Crippen MR) is 76.5 cm³/mol. The fraction of sp³-hybridized carbons (Fsp3) is 0.0714. The van der Waals surface area contributed by atoms with Gasteiger partial charge in [-0.3, -0.25) is 9.78 Å². The maximum atomic E-state index is 12.1. The van der Waals surface area contributed by atoms with E-state index in [-0.39, 0.29) is 5.91 Å². The Morgan fingerprint density at radius 3 is 2.80 bits per heavy atom. The Morgan fingerprint density at radius 2 is 2.05 bits per heavy atom. The highest BCUT2D eigenvalue weighted by Crippen LogP contribution is 2.21. The van der Waals surface area contributed by atoms with Gasteiger partial charge in [-0.05, 0) is 29.8 Å². The second-order valence-electron chi connectivity index (χ2n) is 4.29. The molecule has 0 atom stereocenters. The van der Waals surface area contributed by atoms with E-state index < -0.39 is 0 Å². The highest BCUT2D eigenvalue weighted by Gasteiger charge is 2.11. The number of H-pyrrole nitrogens is 1. The van der Waals surface area contributed by atoms with Crippen molar-refractivity contribution in [2.75, 3.05) is 0 Å². The lowest BCUT2D eigenvalue weighted by Crippen LogP contribution is -2.23. The standard InChI is InChI=1S/C14H11ClN4O/c15-13-12-10(3-6-17-13)7-11(19-12)14(20)18-8-9-1-4-16-5-2-9/h1-7,19H,8H2,(H,18,20). The third-order valence-corrected chi connectivity index (χ3v) is 3.23. The van der Waals surface area contributed by atoms with Gasteiger partial charge < -0.3 is 10.3 Å². The number of halogens is 1. The maximum Gasteiger partial charge on any atom is 0.267 e. The van der Waals surface area contributed by atoms with E-state index in [1.165, 1.54) is 0 Å². The van der Waals surface area contributed by atoms with Crippen LogP contribution >= 0.6 is 11.6 Å². The van der Waals surface area contributed by atoms with Crippen molar-refractivity contribution in [3.05, 3.63) is 59.3 Å². The van der Waals surface area contributed by atoms with Gasteiger partial charge >= 0.3 is 0 Å². The number of nitrogens with one attached hydrogen (secondary N) is 2. The first kappa shape index (κ1) is 12.6. The lowest BCUT2D eigenvalue weighted by Gasteiger charge is -2.03. The van der Waals surface area contributed by atoms with Crippen LogP contribution in [0.5, 0.6) is 0 Å². The van der Waals surface area contributed by atoms with Crippen molar-refractivity contribution in [2.45, 2.75) is 6.54 Å². The van der Waals surface area contributed by atoms with Gasteiger partial charge in [0.05, 0.1) is 5.52 Å². The minimum absolute atomic E-state index is 0.186. The molecule has 0 bridgehead atoms. The molecule has 0 aliphatic carbocycles. The molecule has 0 saturated heterocycles. The Bertz CT molecular complexity index is 754. The molecule has 0 unspecified atom stereocenters. The summed E-state index contributed by atoms with van der Waals surface area (Å²) < 4.78 is 0. The third-order valence-electron chi connectivity index (χ3n) is 2.94. The van der Waals surface area contributed by atoms with E-state index in [2.05, 4.69) is 20.3 Å². The number of aromatic amines is 1. The second-order valence-corrected chi connectivity index (χ2v) is 4.65. The van der Waals surface area contributed by atoms with Crippen molar-refractivity contribution in [3.63, 3.8) is 0 Å². The SMILES string of the molecule is O=C(NCc1ccncc1)c1cc2ccnc(Cl)c2[nH]1. The molecule has 0 saturated carbocycles. The van der Waals surface area contributed by atoms with Gasteiger partial charge in [0.25, 0.3) is 5.91 Å². The molecule has 3 rings (SSSR count). The average Bonchev–Trinajstić information content (AvgIpc) is 2.91. The molecular weight excluding hydrogens is 276 g/mol. The molecule has 3 aromatic heterocycles. The van der Waals surface area contributed by atoms with Gasteiger partial charge in [0.2, 0.25) is 0 Å². The summed E-state index contributed by atoms with van der Waals surface area (Å²) in [6.07, 6.45) is 4.99. The van der Waals surface area contributed by atoms with Crippen molar-refractivity contribution >= 4 is 28.4 Å². The third kappa shape index (κ3) is 2.48. The van der Waals surface area contributed by atoms with Gasteiger partial charge in [-0.1, -0.05) is 11.6 Å². The van der Waals surface area contributed by atoms with E-state index in [4.69, 9.17) is 11.6 Å². The van der Waals surface area contributed by atoms with Crippen LogP contribution in [-0.4, -0.2) is 20.9 Å². The maximum absolute atomic E-state index is 12.1. The molecule has 5 nitrogen and oxygen atoms in total. The number of fused-ring (bicyclic) bond motifs is 1. The summed E-state index contributed by atoms with van der Waals surface area (Å²) in [5.41, 5.74) is 2.12. The molecule has 0 fully saturated rings. The second kappa shape index (κ2) is 5.30. The first-order valence-electron chi connectivity index (χ1n) is 6.04. The molecule has 100 valence electrons. The predicted octanol–water partition coefficient (Wildman–Crippen LogP) is 2.54. The monoisotopic (exact) mass is 286 g/mol. The molecule has 0 radical (unpaired) electrons. The fourth-order valence-electron chi connectivity index (χ4n) is 1.92. The van der Waals surface area contributed by atoms with Crippen LogP contribution < -0.4 is 5.32 Å². The Hall–Kier alpha value is -2.40. The molecule has 3 aromatic rings. The van der Waals surface area contributed by atoms with Crippen LogP contribution in [0.4, 0.5) is 0 Å². The molecule has 0 aromatic carbocycles. The van der Waals surface area contributed by atoms with Crippen molar-refractivity contribution in [1.29, 1.82) is 0 Å². The number of amides is 1. The number of carbonyl (C=O) groups excluding carboxylic acids is 1. The van der Waals surface area contributed by atoms with Crippen LogP contribution in [0.15, 0.2) is 42.9 Å². The summed E-state index contributed by atoms with van der Waals surface area (Å²) >= 11 is 5.97. The highest BCUT2D eigenvalue weighted by molar-refractivity contribution is 6.33. The molecule has 2 N–H and O–H groups in total. The molecule has 0 aliphatic heterocycles. The zero-order chi connectivity index (χ0) is 13.9. The number of hydrogen-bond donors (Lipinski definition) is 2. The lowest BCUT2D eigenvalue weighted by molar-refractivity contribution is 0.0947. The Balaban J connectivity index is 1.77. The number of carbonyl (C=O) groups is 1. The number of rotatable bonds is 3. The van der Waals surface area contributed by atoms with E-state index >= 15 is 0 Å². The largest absolute Gasteiger partial charge is 0.348 e. The highest BCUT2D eigenvalue weighted by atomic mass is 35.5. The first-order chi connectivity index (χ1) is 9.74. The van der Waals surface area contributed by atoms with Gasteiger partial charge in [0.1, 0.15) is 5.69 Å². The smallest absolute Gasteiger partial charge is 0.267 e. The molecule has 0 aliphatic rings. The van der Waals surface area contributed by atoms with E-state index in [0.717, 1.165) is 10.9 Å². The van der Waals surface area contributed by atoms with Gasteiger partial charge in [-0.25, -0.2) is 4.98 Å². The molecule has 0 spiro atoms. The van der Waals surface area contributed by atoms with Gasteiger partial charge in [0.15, 0.2) is 5.15 Å². The molecule has 6 heteroatoms. The van der Waals surface area contributed by atoms with E-state index in [0.29, 0.717) is 22.9 Å². The quantitative estimate of drug-likeness (QED) is 0.727. The summed E-state index contributed by atoms with van der Waals surface area (Å²) in [6.45, 7) is 0.447. The molecule has 3 heterocycles. The normalized spacial score (nSPS) is 10.7. The Labute approximate surface area is 120 Å². The average molecular weight is 287 g/mol. The van der Waals surface area contributed by atoms with Crippen molar-refractivity contribution < 1.29 is 4.79 Å². The summed E-state index contributed by atoms with van der Waals surface area (Å²) in [4.78, 5) is 23.0. The summed E-state index contributed by atoms with van der Waals surface area (Å²) in [5.74, 6) is -0.186.